The van der Waals surface area contributed by atoms with E-state index in [4.69, 9.17) is 20.2 Å². The number of rotatable bonds is 7. The maximum Gasteiger partial charge on any atom is 0.373 e. The number of carbonyl (C=O) groups is 4. The Labute approximate surface area is 188 Å². The molecule has 0 amide bonds. The molecular weight excluding hydrogens is 432 g/mol. The average molecular weight is 452 g/mol. The molecule has 9 nitrogen and oxygen atoms in total. The van der Waals surface area contributed by atoms with Crippen LogP contribution >= 0.6 is 0 Å². The van der Waals surface area contributed by atoms with Gasteiger partial charge in [0.05, 0.1) is 28.9 Å². The zero-order chi connectivity index (χ0) is 24.4. The first kappa shape index (κ1) is 24.8. The molecule has 0 heterocycles. The second kappa shape index (κ2) is 11.8. The van der Waals surface area contributed by atoms with Gasteiger partial charge in [0.15, 0.2) is 5.78 Å². The summed E-state index contributed by atoms with van der Waals surface area (Å²) in [6.45, 7) is 2.46. The second-order valence-corrected chi connectivity index (χ2v) is 6.37. The molecule has 9 heteroatoms. The number of aromatic carboxylic acids is 2. The second-order valence-electron chi connectivity index (χ2n) is 6.37. The molecule has 0 saturated carbocycles. The Morgan fingerprint density at radius 2 is 1.36 bits per heavy atom. The highest BCUT2D eigenvalue weighted by molar-refractivity contribution is 6.10. The summed E-state index contributed by atoms with van der Waals surface area (Å²) in [6, 6.07) is 19.3. The highest BCUT2D eigenvalue weighted by Crippen LogP contribution is 2.21. The van der Waals surface area contributed by atoms with Gasteiger partial charge in [0.1, 0.15) is 5.75 Å². The van der Waals surface area contributed by atoms with Crippen LogP contribution < -0.4 is 4.74 Å². The number of carboxylic acid groups (broad SMARTS) is 2. The van der Waals surface area contributed by atoms with Gasteiger partial charge in [0, 0.05) is 5.56 Å². The first-order valence-corrected chi connectivity index (χ1v) is 9.58. The van der Waals surface area contributed by atoms with Gasteiger partial charge in [-0.15, -0.1) is 0 Å². The van der Waals surface area contributed by atoms with Crippen LogP contribution in [0.1, 0.15) is 53.9 Å². The molecule has 0 radical (unpaired) electrons. The van der Waals surface area contributed by atoms with Gasteiger partial charge < -0.3 is 14.9 Å². The third-order valence-electron chi connectivity index (χ3n) is 4.27. The number of ether oxygens (including phenoxy) is 1. The van der Waals surface area contributed by atoms with Gasteiger partial charge in [-0.05, 0) is 37.3 Å². The SMILES string of the molecule is CCOc1ccccc1C(=O)c1ccccc1.O=C(O)c1ccc(C(=O)O)c(C(=O)OO)c1. The van der Waals surface area contributed by atoms with E-state index in [1.54, 1.807) is 6.07 Å². The number of hydrogen-bond acceptors (Lipinski definition) is 7. The summed E-state index contributed by atoms with van der Waals surface area (Å²) in [5, 5.41) is 25.5. The molecule has 3 aromatic carbocycles. The molecule has 170 valence electrons. The van der Waals surface area contributed by atoms with Crippen LogP contribution in [0.2, 0.25) is 0 Å². The Morgan fingerprint density at radius 1 is 0.727 bits per heavy atom. The topological polar surface area (TPSA) is 147 Å². The molecular formula is C24H20O9. The summed E-state index contributed by atoms with van der Waals surface area (Å²) < 4.78 is 5.46. The molecule has 0 unspecified atom stereocenters. The van der Waals surface area contributed by atoms with E-state index in [2.05, 4.69) is 4.89 Å². The van der Waals surface area contributed by atoms with Crippen LogP contribution in [0.3, 0.4) is 0 Å². The normalized spacial score (nSPS) is 9.76. The average Bonchev–Trinajstić information content (AvgIpc) is 2.84. The van der Waals surface area contributed by atoms with E-state index in [1.807, 2.05) is 55.5 Å². The molecule has 0 atom stereocenters. The van der Waals surface area contributed by atoms with E-state index in [1.165, 1.54) is 0 Å². The van der Waals surface area contributed by atoms with Crippen LogP contribution in [0.15, 0.2) is 72.8 Å². The van der Waals surface area contributed by atoms with Crippen molar-refractivity contribution in [2.75, 3.05) is 6.61 Å². The smallest absolute Gasteiger partial charge is 0.373 e. The highest BCUT2D eigenvalue weighted by atomic mass is 17.1. The first-order valence-electron chi connectivity index (χ1n) is 9.58. The molecule has 0 fully saturated rings. The van der Waals surface area contributed by atoms with Crippen LogP contribution in [0.5, 0.6) is 5.75 Å². The van der Waals surface area contributed by atoms with E-state index in [0.29, 0.717) is 23.5 Å². The molecule has 0 aliphatic heterocycles. The lowest BCUT2D eigenvalue weighted by molar-refractivity contribution is -0.182. The van der Waals surface area contributed by atoms with Gasteiger partial charge in [0.2, 0.25) is 0 Å². The Hall–Kier alpha value is -4.50. The Balaban J connectivity index is 0.000000234. The van der Waals surface area contributed by atoms with Crippen molar-refractivity contribution in [3.8, 4) is 5.75 Å². The Kier molecular flexibility index (Phi) is 8.84. The van der Waals surface area contributed by atoms with Gasteiger partial charge in [-0.1, -0.05) is 42.5 Å². The summed E-state index contributed by atoms with van der Waals surface area (Å²) in [7, 11) is 0. The van der Waals surface area contributed by atoms with E-state index in [9.17, 15) is 19.2 Å². The summed E-state index contributed by atoms with van der Waals surface area (Å²) in [4.78, 5) is 47.9. The molecule has 3 rings (SSSR count). The Morgan fingerprint density at radius 3 is 1.94 bits per heavy atom. The number of carbonyl (C=O) groups excluding carboxylic acids is 2. The lowest BCUT2D eigenvalue weighted by Gasteiger charge is -2.08. The molecule has 0 bridgehead atoms. The number of hydrogen-bond donors (Lipinski definition) is 3. The molecule has 0 saturated heterocycles. The minimum absolute atomic E-state index is 0.00495. The third kappa shape index (κ3) is 6.49. The van der Waals surface area contributed by atoms with E-state index < -0.39 is 29.0 Å². The van der Waals surface area contributed by atoms with Crippen molar-refractivity contribution in [2.45, 2.75) is 6.92 Å². The largest absolute Gasteiger partial charge is 0.493 e. The van der Waals surface area contributed by atoms with Crippen molar-refractivity contribution in [2.24, 2.45) is 0 Å². The Bertz CT molecular complexity index is 1150. The van der Waals surface area contributed by atoms with Crippen LogP contribution in [0.4, 0.5) is 0 Å². The van der Waals surface area contributed by atoms with Crippen molar-refractivity contribution in [1.29, 1.82) is 0 Å². The number of ketones is 1. The maximum absolute atomic E-state index is 12.3. The van der Waals surface area contributed by atoms with Crippen molar-refractivity contribution in [1.82, 2.24) is 0 Å². The quantitative estimate of drug-likeness (QED) is 0.274. The first-order chi connectivity index (χ1) is 15.8. The van der Waals surface area contributed by atoms with Crippen LogP contribution in [-0.2, 0) is 4.89 Å². The molecule has 0 aliphatic rings. The summed E-state index contributed by atoms with van der Waals surface area (Å²) >= 11 is 0. The summed E-state index contributed by atoms with van der Waals surface area (Å²) in [5.74, 6) is -3.46. The molecule has 3 aromatic rings. The highest BCUT2D eigenvalue weighted by Gasteiger charge is 2.20. The van der Waals surface area contributed by atoms with Gasteiger partial charge >= 0.3 is 17.9 Å². The number of para-hydroxylation sites is 1. The van der Waals surface area contributed by atoms with E-state index >= 15 is 0 Å². The van der Waals surface area contributed by atoms with Crippen LogP contribution in [-0.4, -0.2) is 45.8 Å². The number of carboxylic acids is 2. The van der Waals surface area contributed by atoms with Crippen molar-refractivity contribution in [3.05, 3.63) is 101 Å². The maximum atomic E-state index is 12.3. The van der Waals surface area contributed by atoms with Crippen LogP contribution in [0, 0.1) is 0 Å². The fourth-order valence-corrected chi connectivity index (χ4v) is 2.76. The van der Waals surface area contributed by atoms with Crippen molar-refractivity contribution < 1.29 is 44.3 Å². The monoisotopic (exact) mass is 452 g/mol. The molecule has 0 spiro atoms. The minimum atomic E-state index is -1.43. The predicted molar refractivity (Wildman–Crippen MR) is 116 cm³/mol. The summed E-state index contributed by atoms with van der Waals surface area (Å²) in [5.41, 5.74) is 0.0181. The molecule has 0 aliphatic carbocycles. The zero-order valence-electron chi connectivity index (χ0n) is 17.4. The van der Waals surface area contributed by atoms with E-state index in [-0.39, 0.29) is 11.3 Å². The number of benzene rings is 3. The molecule has 3 N–H and O–H groups in total. The van der Waals surface area contributed by atoms with Gasteiger partial charge in [-0.25, -0.2) is 14.4 Å². The van der Waals surface area contributed by atoms with Gasteiger partial charge in [-0.3, -0.25) is 9.68 Å². The molecule has 33 heavy (non-hydrogen) atoms. The van der Waals surface area contributed by atoms with E-state index in [0.717, 1.165) is 18.2 Å². The third-order valence-corrected chi connectivity index (χ3v) is 4.27. The fourth-order valence-electron chi connectivity index (χ4n) is 2.76. The minimum Gasteiger partial charge on any atom is -0.493 e. The zero-order valence-corrected chi connectivity index (χ0v) is 17.4. The molecule has 0 aromatic heterocycles. The predicted octanol–water partition coefficient (Wildman–Crippen LogP) is 4.03. The van der Waals surface area contributed by atoms with Crippen molar-refractivity contribution >= 4 is 23.7 Å². The van der Waals surface area contributed by atoms with Crippen LogP contribution in [0.25, 0.3) is 0 Å². The standard InChI is InChI=1S/C15H14O2.C9H6O7/c1-2-17-14-11-7-6-10-13(14)15(16)12-8-4-3-5-9-12;10-7(11)4-1-2-5(8(12)13)6(3-4)9(14)16-15/h3-11H,2H2,1H3;1-3,15H,(H,10,11)(H,12,13). The van der Waals surface area contributed by atoms with Gasteiger partial charge in [0.25, 0.3) is 0 Å². The fraction of sp³-hybridized carbons (Fsp3) is 0.0833. The summed E-state index contributed by atoms with van der Waals surface area (Å²) in [6.07, 6.45) is 0. The van der Waals surface area contributed by atoms with Crippen molar-refractivity contribution in [3.63, 3.8) is 0 Å². The lowest BCUT2D eigenvalue weighted by Crippen LogP contribution is -2.12. The lowest BCUT2D eigenvalue weighted by atomic mass is 10.0. The van der Waals surface area contributed by atoms with Gasteiger partial charge in [-0.2, -0.15) is 5.26 Å².